The molecule has 0 radical (unpaired) electrons. The normalized spacial score (nSPS) is 39.5. The van der Waals surface area contributed by atoms with Crippen LogP contribution >= 0.6 is 0 Å². The first-order valence-corrected chi connectivity index (χ1v) is 5.08. The number of nitrogens with zero attached hydrogens (tertiary/aromatic N) is 1. The van der Waals surface area contributed by atoms with Gasteiger partial charge in [0.2, 0.25) is 0 Å². The van der Waals surface area contributed by atoms with E-state index in [4.69, 9.17) is 0 Å². The molecule has 70 valence electrons. The summed E-state index contributed by atoms with van der Waals surface area (Å²) in [7, 11) is 2.16. The standard InChI is InChI=1S/C10H18FN/c1-12-6-9(7-12)8-2-4-10(11)5-3-8/h8-10H,2-7H2,1H3. The molecular weight excluding hydrogens is 153 g/mol. The Bertz CT molecular complexity index is 146. The number of rotatable bonds is 1. The second-order valence-electron chi connectivity index (χ2n) is 4.49. The van der Waals surface area contributed by atoms with Crippen LogP contribution in [-0.2, 0) is 0 Å². The topological polar surface area (TPSA) is 3.24 Å². The van der Waals surface area contributed by atoms with E-state index in [-0.39, 0.29) is 0 Å². The van der Waals surface area contributed by atoms with E-state index in [1.54, 1.807) is 0 Å². The maximum absolute atomic E-state index is 12.8. The second-order valence-corrected chi connectivity index (χ2v) is 4.49. The Balaban J connectivity index is 1.75. The largest absolute Gasteiger partial charge is 0.306 e. The quantitative estimate of drug-likeness (QED) is 0.584. The SMILES string of the molecule is CN1CC(C2CCC(F)CC2)C1. The fourth-order valence-corrected chi connectivity index (χ4v) is 2.60. The van der Waals surface area contributed by atoms with Gasteiger partial charge in [0.25, 0.3) is 0 Å². The summed E-state index contributed by atoms with van der Waals surface area (Å²) in [4.78, 5) is 2.35. The van der Waals surface area contributed by atoms with Gasteiger partial charge in [-0.1, -0.05) is 0 Å². The minimum Gasteiger partial charge on any atom is -0.306 e. The molecule has 1 nitrogen and oxygen atoms in total. The van der Waals surface area contributed by atoms with Crippen molar-refractivity contribution in [2.75, 3.05) is 20.1 Å². The Morgan fingerprint density at radius 2 is 1.58 bits per heavy atom. The zero-order valence-corrected chi connectivity index (χ0v) is 7.80. The zero-order chi connectivity index (χ0) is 8.55. The molecule has 0 aromatic carbocycles. The van der Waals surface area contributed by atoms with E-state index in [1.807, 2.05) is 0 Å². The van der Waals surface area contributed by atoms with Crippen molar-refractivity contribution in [2.45, 2.75) is 31.9 Å². The fourth-order valence-electron chi connectivity index (χ4n) is 2.60. The summed E-state index contributed by atoms with van der Waals surface area (Å²) in [6, 6.07) is 0. The summed E-state index contributed by atoms with van der Waals surface area (Å²) >= 11 is 0. The highest BCUT2D eigenvalue weighted by molar-refractivity contribution is 4.86. The maximum atomic E-state index is 12.8. The third kappa shape index (κ3) is 1.63. The van der Waals surface area contributed by atoms with Crippen molar-refractivity contribution < 1.29 is 4.39 Å². The van der Waals surface area contributed by atoms with E-state index in [0.29, 0.717) is 0 Å². The van der Waals surface area contributed by atoms with Gasteiger partial charge in [0.1, 0.15) is 6.17 Å². The molecule has 0 N–H and O–H groups in total. The van der Waals surface area contributed by atoms with Gasteiger partial charge in [0, 0.05) is 13.1 Å². The Hall–Kier alpha value is -0.110. The van der Waals surface area contributed by atoms with Crippen molar-refractivity contribution >= 4 is 0 Å². The first-order valence-electron chi connectivity index (χ1n) is 5.08. The van der Waals surface area contributed by atoms with Crippen LogP contribution in [0.4, 0.5) is 4.39 Å². The molecule has 2 heteroatoms. The highest BCUT2D eigenvalue weighted by Crippen LogP contribution is 2.35. The van der Waals surface area contributed by atoms with Gasteiger partial charge in [-0.2, -0.15) is 0 Å². The molecule has 1 aliphatic heterocycles. The molecule has 0 amide bonds. The zero-order valence-electron chi connectivity index (χ0n) is 7.80. The summed E-state index contributed by atoms with van der Waals surface area (Å²) in [5.41, 5.74) is 0. The lowest BCUT2D eigenvalue weighted by Gasteiger charge is -2.43. The second kappa shape index (κ2) is 3.33. The van der Waals surface area contributed by atoms with E-state index in [1.165, 1.54) is 13.1 Å². The van der Waals surface area contributed by atoms with Crippen LogP contribution in [-0.4, -0.2) is 31.2 Å². The van der Waals surface area contributed by atoms with Gasteiger partial charge < -0.3 is 4.90 Å². The summed E-state index contributed by atoms with van der Waals surface area (Å²) in [6.45, 7) is 2.50. The summed E-state index contributed by atoms with van der Waals surface area (Å²) in [5.74, 6) is 1.73. The van der Waals surface area contributed by atoms with E-state index in [9.17, 15) is 4.39 Å². The molecule has 1 aliphatic carbocycles. The van der Waals surface area contributed by atoms with Gasteiger partial charge in [-0.25, -0.2) is 4.39 Å². The maximum Gasteiger partial charge on any atom is 0.100 e. The minimum atomic E-state index is -0.487. The summed E-state index contributed by atoms with van der Waals surface area (Å²) < 4.78 is 12.8. The van der Waals surface area contributed by atoms with Crippen LogP contribution in [0.25, 0.3) is 0 Å². The number of likely N-dealkylation sites (tertiary alicyclic amines) is 1. The molecule has 0 spiro atoms. The van der Waals surface area contributed by atoms with Crippen LogP contribution in [0.3, 0.4) is 0 Å². The molecule has 0 aromatic heterocycles. The molecular formula is C10H18FN. The van der Waals surface area contributed by atoms with Crippen molar-refractivity contribution in [2.24, 2.45) is 11.8 Å². The molecule has 2 fully saturated rings. The Labute approximate surface area is 73.9 Å². The van der Waals surface area contributed by atoms with Gasteiger partial charge in [-0.3, -0.25) is 0 Å². The molecule has 2 aliphatic rings. The monoisotopic (exact) mass is 171 g/mol. The van der Waals surface area contributed by atoms with Crippen molar-refractivity contribution in [3.8, 4) is 0 Å². The molecule has 1 saturated heterocycles. The van der Waals surface area contributed by atoms with Crippen LogP contribution in [0, 0.1) is 11.8 Å². The molecule has 1 heterocycles. The molecule has 0 bridgehead atoms. The molecule has 2 rings (SSSR count). The van der Waals surface area contributed by atoms with Gasteiger partial charge in [-0.15, -0.1) is 0 Å². The molecule has 0 unspecified atom stereocenters. The van der Waals surface area contributed by atoms with Gasteiger partial charge in [0.05, 0.1) is 0 Å². The van der Waals surface area contributed by atoms with Crippen LogP contribution in [0.5, 0.6) is 0 Å². The minimum absolute atomic E-state index is 0.487. The van der Waals surface area contributed by atoms with Crippen LogP contribution in [0.2, 0.25) is 0 Å². The predicted octanol–water partition coefficient (Wildman–Crippen LogP) is 2.08. The first-order chi connectivity index (χ1) is 5.75. The van der Waals surface area contributed by atoms with Crippen molar-refractivity contribution in [1.82, 2.24) is 4.90 Å². The molecule has 0 aromatic rings. The average molecular weight is 171 g/mol. The number of alkyl halides is 1. The lowest BCUT2D eigenvalue weighted by atomic mass is 9.76. The van der Waals surface area contributed by atoms with E-state index in [2.05, 4.69) is 11.9 Å². The smallest absolute Gasteiger partial charge is 0.100 e. The average Bonchev–Trinajstić information content (AvgIpc) is 2.01. The number of hydrogen-bond donors (Lipinski definition) is 0. The molecule has 0 atom stereocenters. The third-order valence-electron chi connectivity index (χ3n) is 3.46. The number of hydrogen-bond acceptors (Lipinski definition) is 1. The van der Waals surface area contributed by atoms with Gasteiger partial charge in [-0.05, 0) is 44.6 Å². The summed E-state index contributed by atoms with van der Waals surface area (Å²) in [5, 5.41) is 0. The Morgan fingerprint density at radius 1 is 1.00 bits per heavy atom. The molecule has 12 heavy (non-hydrogen) atoms. The lowest BCUT2D eigenvalue weighted by Crippen LogP contribution is -2.48. The fraction of sp³-hybridized carbons (Fsp3) is 1.00. The van der Waals surface area contributed by atoms with Crippen molar-refractivity contribution in [1.29, 1.82) is 0 Å². The van der Waals surface area contributed by atoms with E-state index in [0.717, 1.165) is 37.5 Å². The lowest BCUT2D eigenvalue weighted by molar-refractivity contribution is 0.0514. The van der Waals surface area contributed by atoms with Gasteiger partial charge >= 0.3 is 0 Å². The van der Waals surface area contributed by atoms with E-state index >= 15 is 0 Å². The Morgan fingerprint density at radius 3 is 2.08 bits per heavy atom. The van der Waals surface area contributed by atoms with Gasteiger partial charge in [0.15, 0.2) is 0 Å². The first kappa shape index (κ1) is 8.49. The van der Waals surface area contributed by atoms with E-state index < -0.39 is 6.17 Å². The van der Waals surface area contributed by atoms with Crippen LogP contribution < -0.4 is 0 Å². The van der Waals surface area contributed by atoms with Crippen LogP contribution in [0.1, 0.15) is 25.7 Å². The number of halogens is 1. The third-order valence-corrected chi connectivity index (χ3v) is 3.46. The van der Waals surface area contributed by atoms with Crippen molar-refractivity contribution in [3.63, 3.8) is 0 Å². The highest BCUT2D eigenvalue weighted by atomic mass is 19.1. The van der Waals surface area contributed by atoms with Crippen molar-refractivity contribution in [3.05, 3.63) is 0 Å². The molecule has 1 saturated carbocycles. The predicted molar refractivity (Wildman–Crippen MR) is 47.8 cm³/mol. The summed E-state index contributed by atoms with van der Waals surface area (Å²) in [6.07, 6.45) is 3.44. The van der Waals surface area contributed by atoms with Crippen LogP contribution in [0.15, 0.2) is 0 Å². The highest BCUT2D eigenvalue weighted by Gasteiger charge is 2.33. The Kier molecular flexibility index (Phi) is 2.35.